The summed E-state index contributed by atoms with van der Waals surface area (Å²) in [6.45, 7) is 9.82. The molecule has 4 heteroatoms. The molecule has 0 saturated carbocycles. The van der Waals surface area contributed by atoms with Gasteiger partial charge in [-0.25, -0.2) is 4.98 Å². The molecule has 0 radical (unpaired) electrons. The quantitative estimate of drug-likeness (QED) is 0.825. The van der Waals surface area contributed by atoms with Crippen LogP contribution in [0.3, 0.4) is 0 Å². The maximum atomic E-state index is 5.74. The van der Waals surface area contributed by atoms with Gasteiger partial charge in [0.25, 0.3) is 0 Å². The largest absolute Gasteiger partial charge is 0.330 e. The van der Waals surface area contributed by atoms with E-state index >= 15 is 0 Å². The molecule has 2 N–H and O–H groups in total. The summed E-state index contributed by atoms with van der Waals surface area (Å²) in [7, 11) is 2.00. The van der Waals surface area contributed by atoms with Crippen molar-refractivity contribution in [3.63, 3.8) is 0 Å². The first-order valence-corrected chi connectivity index (χ1v) is 7.47. The molecule has 1 atom stereocenters. The number of hydrogen-bond acceptors (Lipinski definition) is 3. The van der Waals surface area contributed by atoms with Crippen molar-refractivity contribution in [3.8, 4) is 0 Å². The topological polar surface area (TPSA) is 56.7 Å². The maximum absolute atomic E-state index is 5.74. The van der Waals surface area contributed by atoms with E-state index in [0.717, 1.165) is 50.3 Å². The lowest BCUT2D eigenvalue weighted by Crippen LogP contribution is -2.24. The molecule has 1 heterocycles. The van der Waals surface area contributed by atoms with Crippen LogP contribution in [-0.2, 0) is 19.9 Å². The van der Waals surface area contributed by atoms with Crippen molar-refractivity contribution < 1.29 is 0 Å². The van der Waals surface area contributed by atoms with E-state index < -0.39 is 0 Å². The van der Waals surface area contributed by atoms with Crippen molar-refractivity contribution in [2.45, 2.75) is 59.8 Å². The summed E-state index contributed by atoms with van der Waals surface area (Å²) >= 11 is 0. The summed E-state index contributed by atoms with van der Waals surface area (Å²) in [4.78, 5) is 4.63. The molecule has 1 rings (SSSR count). The zero-order valence-corrected chi connectivity index (χ0v) is 13.2. The van der Waals surface area contributed by atoms with Crippen molar-refractivity contribution >= 4 is 0 Å². The third-order valence-electron chi connectivity index (χ3n) is 3.83. The standard InChI is InChI=1S/C15H30N4/c1-6-7-13-17-14(19(5)18-13)9-8-12(10-11-16)15(2,3)4/h12H,6-11,16H2,1-5H3. The fraction of sp³-hybridized carbons (Fsp3) is 0.867. The van der Waals surface area contributed by atoms with Gasteiger partial charge in [-0.05, 0) is 37.1 Å². The molecular weight excluding hydrogens is 236 g/mol. The molecule has 0 aliphatic heterocycles. The fourth-order valence-electron chi connectivity index (χ4n) is 2.54. The van der Waals surface area contributed by atoms with Gasteiger partial charge in [-0.3, -0.25) is 4.68 Å². The zero-order valence-electron chi connectivity index (χ0n) is 13.2. The van der Waals surface area contributed by atoms with Gasteiger partial charge in [0.2, 0.25) is 0 Å². The summed E-state index contributed by atoms with van der Waals surface area (Å²) in [5.41, 5.74) is 6.05. The van der Waals surface area contributed by atoms with Crippen molar-refractivity contribution in [2.75, 3.05) is 6.54 Å². The summed E-state index contributed by atoms with van der Waals surface area (Å²) in [5, 5.41) is 4.47. The first-order valence-electron chi connectivity index (χ1n) is 7.47. The molecule has 0 fully saturated rings. The summed E-state index contributed by atoms with van der Waals surface area (Å²) in [6, 6.07) is 0. The van der Waals surface area contributed by atoms with Gasteiger partial charge in [-0.2, -0.15) is 5.10 Å². The lowest BCUT2D eigenvalue weighted by molar-refractivity contribution is 0.213. The van der Waals surface area contributed by atoms with Crippen molar-refractivity contribution in [1.82, 2.24) is 14.8 Å². The van der Waals surface area contributed by atoms with Gasteiger partial charge in [0.1, 0.15) is 5.82 Å². The molecule has 110 valence electrons. The van der Waals surface area contributed by atoms with Crippen LogP contribution in [0.2, 0.25) is 0 Å². The van der Waals surface area contributed by atoms with Crippen molar-refractivity contribution in [1.29, 1.82) is 0 Å². The second-order valence-corrected chi connectivity index (χ2v) is 6.50. The van der Waals surface area contributed by atoms with Crippen LogP contribution in [-0.4, -0.2) is 21.3 Å². The van der Waals surface area contributed by atoms with E-state index in [1.807, 2.05) is 11.7 Å². The Morgan fingerprint density at radius 1 is 1.21 bits per heavy atom. The van der Waals surface area contributed by atoms with Gasteiger partial charge in [0, 0.05) is 19.9 Å². The molecule has 0 bridgehead atoms. The molecule has 0 saturated heterocycles. The van der Waals surface area contributed by atoms with Crippen LogP contribution >= 0.6 is 0 Å². The van der Waals surface area contributed by atoms with Gasteiger partial charge >= 0.3 is 0 Å². The monoisotopic (exact) mass is 266 g/mol. The van der Waals surface area contributed by atoms with E-state index in [2.05, 4.69) is 37.8 Å². The number of nitrogens with zero attached hydrogens (tertiary/aromatic N) is 3. The second-order valence-electron chi connectivity index (χ2n) is 6.50. The minimum absolute atomic E-state index is 0.310. The molecule has 0 amide bonds. The minimum Gasteiger partial charge on any atom is -0.330 e. The molecule has 0 aliphatic carbocycles. The smallest absolute Gasteiger partial charge is 0.150 e. The molecular formula is C15H30N4. The number of aryl methyl sites for hydroxylation is 3. The number of nitrogens with two attached hydrogens (primary N) is 1. The molecule has 1 aromatic heterocycles. The molecule has 0 spiro atoms. The van der Waals surface area contributed by atoms with Gasteiger partial charge in [-0.15, -0.1) is 0 Å². The number of rotatable bonds is 7. The first-order chi connectivity index (χ1) is 8.88. The minimum atomic E-state index is 0.310. The highest BCUT2D eigenvalue weighted by molar-refractivity contribution is 4.94. The average Bonchev–Trinajstić information content (AvgIpc) is 2.64. The van der Waals surface area contributed by atoms with Crippen LogP contribution in [0.5, 0.6) is 0 Å². The lowest BCUT2D eigenvalue weighted by atomic mass is 9.76. The van der Waals surface area contributed by atoms with E-state index in [1.165, 1.54) is 0 Å². The van der Waals surface area contributed by atoms with Gasteiger partial charge in [0.15, 0.2) is 5.82 Å². The van der Waals surface area contributed by atoms with Crippen LogP contribution in [0.4, 0.5) is 0 Å². The van der Waals surface area contributed by atoms with E-state index in [-0.39, 0.29) is 0 Å². The first kappa shape index (κ1) is 16.2. The average molecular weight is 266 g/mol. The van der Waals surface area contributed by atoms with Crippen LogP contribution in [0.15, 0.2) is 0 Å². The van der Waals surface area contributed by atoms with Crippen LogP contribution < -0.4 is 5.73 Å². The highest BCUT2D eigenvalue weighted by atomic mass is 15.3. The molecule has 0 aromatic carbocycles. The Morgan fingerprint density at radius 2 is 1.89 bits per heavy atom. The van der Waals surface area contributed by atoms with Gasteiger partial charge in [0.05, 0.1) is 0 Å². The predicted octanol–water partition coefficient (Wildman–Crippen LogP) is 2.71. The summed E-state index contributed by atoms with van der Waals surface area (Å²) in [5.74, 6) is 2.73. The molecule has 4 nitrogen and oxygen atoms in total. The van der Waals surface area contributed by atoms with Crippen molar-refractivity contribution in [2.24, 2.45) is 24.1 Å². The highest BCUT2D eigenvalue weighted by Gasteiger charge is 2.24. The second kappa shape index (κ2) is 7.04. The predicted molar refractivity (Wildman–Crippen MR) is 79.9 cm³/mol. The SMILES string of the molecule is CCCc1nc(CCC(CCN)C(C)(C)C)n(C)n1. The van der Waals surface area contributed by atoms with Crippen LogP contribution in [0, 0.1) is 11.3 Å². The Balaban J connectivity index is 2.63. The summed E-state index contributed by atoms with van der Waals surface area (Å²) < 4.78 is 1.94. The number of aromatic nitrogens is 3. The fourth-order valence-corrected chi connectivity index (χ4v) is 2.54. The van der Waals surface area contributed by atoms with E-state index in [1.54, 1.807) is 0 Å². The van der Waals surface area contributed by atoms with Crippen LogP contribution in [0.1, 0.15) is 58.6 Å². The van der Waals surface area contributed by atoms with Gasteiger partial charge in [-0.1, -0.05) is 27.7 Å². The molecule has 19 heavy (non-hydrogen) atoms. The lowest BCUT2D eigenvalue weighted by Gasteiger charge is -2.30. The molecule has 1 unspecified atom stereocenters. The van der Waals surface area contributed by atoms with Crippen molar-refractivity contribution in [3.05, 3.63) is 11.6 Å². The Bertz CT molecular complexity index is 376. The normalized spacial score (nSPS) is 13.8. The Labute approximate surface area is 117 Å². The van der Waals surface area contributed by atoms with Gasteiger partial charge < -0.3 is 5.73 Å². The third kappa shape index (κ3) is 4.94. The Hall–Kier alpha value is -0.900. The highest BCUT2D eigenvalue weighted by Crippen LogP contribution is 2.31. The Kier molecular flexibility index (Phi) is 5.98. The van der Waals surface area contributed by atoms with E-state index in [4.69, 9.17) is 5.73 Å². The zero-order chi connectivity index (χ0) is 14.5. The molecule has 0 aliphatic rings. The van der Waals surface area contributed by atoms with E-state index in [9.17, 15) is 0 Å². The number of hydrogen-bond donors (Lipinski definition) is 1. The van der Waals surface area contributed by atoms with E-state index in [0.29, 0.717) is 11.3 Å². The molecule has 1 aromatic rings. The third-order valence-corrected chi connectivity index (χ3v) is 3.83. The Morgan fingerprint density at radius 3 is 2.42 bits per heavy atom. The summed E-state index contributed by atoms with van der Waals surface area (Å²) in [6.07, 6.45) is 5.29. The van der Waals surface area contributed by atoms with Crippen LogP contribution in [0.25, 0.3) is 0 Å². The maximum Gasteiger partial charge on any atom is 0.150 e.